The van der Waals surface area contributed by atoms with E-state index in [0.717, 1.165) is 102 Å². The fraction of sp³-hybridized carbons (Fsp3) is 0.381. The standard InChI is InChI=1S/C29H33N2O3.C29H31N2O3.C2H6S.3CH4.ClH/c2*32-26(22-10-4-1-5-11-22)20-31-18-16-23(17-19-31)27(21-31)34-29(33)28(24-12-6-2-7-13-24)30-25-14-8-3-9-15-25;1-2-3;;;;/h1-15,23,26-28,30,32H,16-21H2;1-15,23,27-28,30H,16-21H2;3H,2H2,1H3;3*1H4;1H/q2*+1;;;;;/p-1/t23?,26?,27-,28+,31?;23?,27-,28+,31?;;;;;/m00...../s1. The average Bonchev–Trinajstić information content (AvgIpc) is 3.42. The number of rotatable bonds is 16. The molecule has 75 heavy (non-hydrogen) atoms. The number of nitrogens with one attached hydrogen (secondary N) is 2. The molecule has 6 heterocycles. The van der Waals surface area contributed by atoms with Crippen LogP contribution in [0.1, 0.15) is 100 Å². The van der Waals surface area contributed by atoms with Crippen LogP contribution in [-0.2, 0) is 19.1 Å². The third-order valence-electron chi connectivity index (χ3n) is 14.8. The largest absolute Gasteiger partial charge is 1.00 e. The summed E-state index contributed by atoms with van der Waals surface area (Å²) in [5, 5.41) is 17.7. The lowest BCUT2D eigenvalue weighted by Gasteiger charge is -2.52. The van der Waals surface area contributed by atoms with Gasteiger partial charge in [0.05, 0.1) is 26.2 Å². The van der Waals surface area contributed by atoms with Crippen LogP contribution in [0.2, 0.25) is 0 Å². The Labute approximate surface area is 459 Å². The monoisotopic (exact) mass is 1060 g/mol. The van der Waals surface area contributed by atoms with Gasteiger partial charge in [0, 0.05) is 54.5 Å². The number of hydrogen-bond donors (Lipinski definition) is 4. The van der Waals surface area contributed by atoms with Crippen molar-refractivity contribution >= 4 is 41.7 Å². The Morgan fingerprint density at radius 3 is 1.24 bits per heavy atom. The number of ketones is 1. The second-order valence-corrected chi connectivity index (χ2v) is 20.3. The van der Waals surface area contributed by atoms with Gasteiger partial charge in [0.25, 0.3) is 0 Å². The Kier molecular flexibility index (Phi) is 24.6. The molecule has 6 aromatic rings. The van der Waals surface area contributed by atoms with Crippen molar-refractivity contribution < 1.29 is 50.3 Å². The first-order chi connectivity index (χ1) is 34.6. The first-order valence-corrected chi connectivity index (χ1v) is 26.0. The van der Waals surface area contributed by atoms with E-state index in [9.17, 15) is 19.5 Å². The molecule has 4 bridgehead atoms. The summed E-state index contributed by atoms with van der Waals surface area (Å²) < 4.78 is 14.0. The Morgan fingerprint density at radius 2 is 0.853 bits per heavy atom. The number of ether oxygens (including phenoxy) is 2. The van der Waals surface area contributed by atoms with E-state index in [2.05, 4.69) is 23.3 Å². The summed E-state index contributed by atoms with van der Waals surface area (Å²) in [7, 11) is 0. The lowest BCUT2D eigenvalue weighted by Crippen LogP contribution is -3.00. The van der Waals surface area contributed by atoms with Gasteiger partial charge in [0.1, 0.15) is 32.3 Å². The van der Waals surface area contributed by atoms with Gasteiger partial charge in [-0.25, -0.2) is 9.59 Å². The highest BCUT2D eigenvalue weighted by Gasteiger charge is 2.50. The summed E-state index contributed by atoms with van der Waals surface area (Å²) >= 11 is 3.79. The zero-order chi connectivity index (χ0) is 49.5. The predicted molar refractivity (Wildman–Crippen MR) is 305 cm³/mol. The molecule has 1 unspecified atom stereocenters. The molecule has 0 aliphatic carbocycles. The topological polar surface area (TPSA) is 114 Å². The molecule has 0 radical (unpaired) electrons. The second kappa shape index (κ2) is 30.0. The van der Waals surface area contributed by atoms with Crippen molar-refractivity contribution in [1.29, 1.82) is 0 Å². The maximum atomic E-state index is 13.5. The first-order valence-electron chi connectivity index (χ1n) is 25.4. The summed E-state index contributed by atoms with van der Waals surface area (Å²) in [6.07, 6.45) is 3.24. The molecule has 402 valence electrons. The van der Waals surface area contributed by atoms with Gasteiger partial charge >= 0.3 is 11.9 Å². The third kappa shape index (κ3) is 16.5. The summed E-state index contributed by atoms with van der Waals surface area (Å²) in [6, 6.07) is 57.2. The molecular weight excluding hydrogens is 976 g/mol. The molecule has 3 N–H and O–H groups in total. The SMILES string of the molecule is C.C.C.CCS.O=C(C[N+]12CCC(CC1)[C@@H](OC(=O)[C@H](Nc1ccccc1)c1ccccc1)C2)c1ccccc1.O=C(O[C@H]1C[N+]2(CC(O)c3ccccc3)CCC1CC2)[C@H](Nc1ccccc1)c1ccccc1.[Cl-]. The number of thiol groups is 1. The molecule has 0 saturated carbocycles. The number of aliphatic hydroxyl groups excluding tert-OH is 1. The predicted octanol–water partition coefficient (Wildman–Crippen LogP) is 9.45. The van der Waals surface area contributed by atoms with Crippen LogP contribution in [0.3, 0.4) is 0 Å². The van der Waals surface area contributed by atoms with Crippen LogP contribution in [0, 0.1) is 11.8 Å². The van der Waals surface area contributed by atoms with Gasteiger partial charge in [0.15, 0.2) is 24.3 Å². The first kappa shape index (κ1) is 61.6. The minimum Gasteiger partial charge on any atom is -1.00 e. The number of hydrogen-bond acceptors (Lipinski definition) is 9. The van der Waals surface area contributed by atoms with Gasteiger partial charge < -0.3 is 46.6 Å². The number of quaternary nitrogens is 2. The van der Waals surface area contributed by atoms with Gasteiger partial charge in [-0.3, -0.25) is 4.79 Å². The van der Waals surface area contributed by atoms with Crippen LogP contribution in [0.15, 0.2) is 182 Å². The van der Waals surface area contributed by atoms with Gasteiger partial charge in [-0.2, -0.15) is 12.6 Å². The molecule has 12 heteroatoms. The number of aliphatic hydroxyl groups is 1. The molecule has 6 aliphatic heterocycles. The number of benzene rings is 6. The van der Waals surface area contributed by atoms with Gasteiger partial charge in [-0.1, -0.05) is 187 Å². The molecule has 10 nitrogen and oxygen atoms in total. The number of anilines is 2. The van der Waals surface area contributed by atoms with Gasteiger partial charge in [-0.05, 0) is 46.7 Å². The van der Waals surface area contributed by atoms with Gasteiger partial charge in [-0.15, -0.1) is 0 Å². The molecule has 6 saturated heterocycles. The van der Waals surface area contributed by atoms with Crippen molar-refractivity contribution in [3.05, 3.63) is 204 Å². The quantitative estimate of drug-likeness (QED) is 0.0329. The second-order valence-electron chi connectivity index (χ2n) is 19.6. The fourth-order valence-corrected chi connectivity index (χ4v) is 11.0. The maximum Gasteiger partial charge on any atom is 0.333 e. The van der Waals surface area contributed by atoms with E-state index in [-0.39, 0.29) is 64.6 Å². The number of carbonyl (C=O) groups excluding carboxylic acids is 3. The van der Waals surface area contributed by atoms with E-state index in [1.165, 1.54) is 0 Å². The average molecular weight is 1060 g/mol. The Balaban J connectivity index is 0.000000294. The minimum atomic E-state index is -0.585. The van der Waals surface area contributed by atoms with Crippen LogP contribution >= 0.6 is 12.6 Å². The number of esters is 2. The maximum absolute atomic E-state index is 13.5. The van der Waals surface area contributed by atoms with E-state index >= 15 is 0 Å². The highest BCUT2D eigenvalue weighted by Crippen LogP contribution is 2.39. The Hall–Kier alpha value is -5.95. The van der Waals surface area contributed by atoms with Crippen molar-refractivity contribution in [1.82, 2.24) is 0 Å². The molecule has 0 aromatic heterocycles. The molecule has 0 spiro atoms. The van der Waals surface area contributed by atoms with E-state index in [4.69, 9.17) is 9.47 Å². The number of fused-ring (bicyclic) bond motifs is 6. The summed E-state index contributed by atoms with van der Waals surface area (Å²) in [6.45, 7) is 8.62. The number of carbonyl (C=O) groups is 3. The van der Waals surface area contributed by atoms with Crippen LogP contribution in [-0.4, -0.2) is 102 Å². The Morgan fingerprint density at radius 1 is 0.533 bits per heavy atom. The summed E-state index contributed by atoms with van der Waals surface area (Å²) in [4.78, 5) is 40.0. The Bertz CT molecular complexity index is 2570. The number of Topliss-reactive ketones (excluding diaryl/α,β-unsaturated/α-hetero) is 1. The van der Waals surface area contributed by atoms with Crippen molar-refractivity contribution in [2.75, 3.05) is 68.7 Å². The number of piperidine rings is 6. The summed E-state index contributed by atoms with van der Waals surface area (Å²) in [5.41, 5.74) is 5.23. The molecule has 6 fully saturated rings. The molecule has 5 atom stereocenters. The van der Waals surface area contributed by atoms with Crippen LogP contribution in [0.5, 0.6) is 0 Å². The van der Waals surface area contributed by atoms with E-state index in [0.29, 0.717) is 36.0 Å². The number of para-hydroxylation sites is 2. The van der Waals surface area contributed by atoms with Crippen molar-refractivity contribution in [3.8, 4) is 0 Å². The zero-order valence-corrected chi connectivity index (χ0v) is 42.9. The zero-order valence-electron chi connectivity index (χ0n) is 41.3. The smallest absolute Gasteiger partial charge is 0.333 e. The highest BCUT2D eigenvalue weighted by atomic mass is 35.5. The normalized spacial score (nSPS) is 22.7. The van der Waals surface area contributed by atoms with Crippen LogP contribution in [0.25, 0.3) is 0 Å². The third-order valence-corrected chi connectivity index (χ3v) is 14.8. The molecule has 0 amide bonds. The minimum absolute atomic E-state index is 0. The van der Waals surface area contributed by atoms with E-state index in [1.54, 1.807) is 0 Å². The lowest BCUT2D eigenvalue weighted by molar-refractivity contribution is -0.949. The van der Waals surface area contributed by atoms with E-state index in [1.807, 2.05) is 189 Å². The lowest BCUT2D eigenvalue weighted by atomic mass is 9.82. The van der Waals surface area contributed by atoms with Gasteiger partial charge in [0.2, 0.25) is 5.78 Å². The number of halogens is 1. The molecule has 12 rings (SSSR count). The van der Waals surface area contributed by atoms with Crippen molar-refractivity contribution in [2.24, 2.45) is 11.8 Å². The van der Waals surface area contributed by atoms with Crippen LogP contribution in [0.4, 0.5) is 11.4 Å². The van der Waals surface area contributed by atoms with Crippen molar-refractivity contribution in [2.45, 2.75) is 85.3 Å². The summed E-state index contributed by atoms with van der Waals surface area (Å²) in [5.74, 6) is 1.37. The van der Waals surface area contributed by atoms with E-state index < -0.39 is 18.2 Å². The van der Waals surface area contributed by atoms with Crippen molar-refractivity contribution in [3.63, 3.8) is 0 Å². The van der Waals surface area contributed by atoms with Crippen LogP contribution < -0.4 is 23.0 Å². The molecule has 6 aromatic carbocycles. The molecular formula is C63H82ClN4O6S+. The molecule has 6 aliphatic rings. The number of nitrogens with zero attached hydrogens (tertiary/aromatic N) is 2. The fourth-order valence-electron chi connectivity index (χ4n) is 11.0. The highest BCUT2D eigenvalue weighted by molar-refractivity contribution is 7.80.